The minimum absolute atomic E-state index is 0.598. The van der Waals surface area contributed by atoms with Crippen LogP contribution in [0, 0.1) is 6.92 Å². The second-order valence-corrected chi connectivity index (χ2v) is 7.10. The van der Waals surface area contributed by atoms with Gasteiger partial charge in [0.25, 0.3) is 0 Å². The molecule has 1 N–H and O–H groups in total. The van der Waals surface area contributed by atoms with E-state index in [1.165, 1.54) is 0 Å². The molecule has 5 rings (SSSR count). The first-order valence-corrected chi connectivity index (χ1v) is 9.62. The summed E-state index contributed by atoms with van der Waals surface area (Å²) in [7, 11) is 2.03. The van der Waals surface area contributed by atoms with Crippen molar-refractivity contribution in [2.45, 2.75) is 13.3 Å². The van der Waals surface area contributed by atoms with E-state index in [9.17, 15) is 0 Å². The van der Waals surface area contributed by atoms with Crippen molar-refractivity contribution in [3.8, 4) is 28.3 Å². The van der Waals surface area contributed by atoms with Crippen LogP contribution in [0.3, 0.4) is 0 Å². The van der Waals surface area contributed by atoms with Crippen LogP contribution >= 0.6 is 0 Å². The molecule has 1 aliphatic rings. The van der Waals surface area contributed by atoms with Gasteiger partial charge < -0.3 is 14.6 Å². The second kappa shape index (κ2) is 7.05. The van der Waals surface area contributed by atoms with Crippen molar-refractivity contribution >= 4 is 11.5 Å². The minimum atomic E-state index is 0.598. The van der Waals surface area contributed by atoms with E-state index in [0.717, 1.165) is 57.6 Å². The topological polar surface area (TPSA) is 64.9 Å². The van der Waals surface area contributed by atoms with E-state index in [1.807, 2.05) is 56.6 Å². The molecule has 0 atom stereocenters. The van der Waals surface area contributed by atoms with Crippen molar-refractivity contribution in [3.63, 3.8) is 0 Å². The summed E-state index contributed by atoms with van der Waals surface area (Å²) in [5.74, 6) is 2.66. The number of aryl methyl sites for hydroxylation is 1. The largest absolute Gasteiger partial charge is 0.493 e. The Kier molecular flexibility index (Phi) is 4.24. The Morgan fingerprint density at radius 3 is 2.79 bits per heavy atom. The van der Waals surface area contributed by atoms with Crippen LogP contribution in [0.25, 0.3) is 22.5 Å². The quantitative estimate of drug-likeness (QED) is 0.563. The number of benzene rings is 2. The van der Waals surface area contributed by atoms with Gasteiger partial charge in [0.2, 0.25) is 0 Å². The summed E-state index contributed by atoms with van der Waals surface area (Å²) in [6.07, 6.45) is 4.25. The average Bonchev–Trinajstić information content (AvgIpc) is 2.96. The Labute approximate surface area is 169 Å². The molecule has 4 aromatic rings. The fraction of sp³-hybridized carbons (Fsp3) is 0.174. The number of nitrogens with zero attached hydrogens (tertiary/aromatic N) is 4. The lowest BCUT2D eigenvalue weighted by molar-refractivity contribution is 0.326. The van der Waals surface area contributed by atoms with E-state index >= 15 is 0 Å². The fourth-order valence-corrected chi connectivity index (χ4v) is 3.70. The summed E-state index contributed by atoms with van der Waals surface area (Å²) in [5.41, 5.74) is 6.15. The Hall–Kier alpha value is -3.67. The van der Waals surface area contributed by atoms with Crippen LogP contribution in [-0.2, 0) is 13.5 Å². The summed E-state index contributed by atoms with van der Waals surface area (Å²) < 4.78 is 8.01. The molecular formula is C23H21N5O. The number of ether oxygens (including phenoxy) is 1. The van der Waals surface area contributed by atoms with Gasteiger partial charge in [0.05, 0.1) is 24.2 Å². The molecule has 0 saturated carbocycles. The smallest absolute Gasteiger partial charge is 0.137 e. The summed E-state index contributed by atoms with van der Waals surface area (Å²) in [5, 5.41) is 3.49. The Morgan fingerprint density at radius 2 is 1.93 bits per heavy atom. The molecule has 0 saturated heterocycles. The third-order valence-corrected chi connectivity index (χ3v) is 5.34. The molecule has 2 aromatic heterocycles. The molecule has 1 aliphatic heterocycles. The average molecular weight is 383 g/mol. The molecule has 29 heavy (non-hydrogen) atoms. The van der Waals surface area contributed by atoms with Crippen LogP contribution in [0.4, 0.5) is 11.5 Å². The van der Waals surface area contributed by atoms with E-state index in [-0.39, 0.29) is 0 Å². The van der Waals surface area contributed by atoms with Gasteiger partial charge in [0.15, 0.2) is 0 Å². The molecule has 6 nitrogen and oxygen atoms in total. The maximum absolute atomic E-state index is 5.92. The molecule has 0 radical (unpaired) electrons. The van der Waals surface area contributed by atoms with Crippen molar-refractivity contribution in [1.82, 2.24) is 19.5 Å². The maximum atomic E-state index is 5.92. The standard InChI is InChI=1S/C23H21N5O/c1-15-24-13-20(28(15)2)16-6-5-7-17(12-16)27-23-19-10-11-29-21-9-4-3-8-18(21)22(19)25-14-26-23/h3-9,12-14H,10-11H2,1-2H3,(H,25,26,27). The van der Waals surface area contributed by atoms with Gasteiger partial charge in [-0.15, -0.1) is 0 Å². The molecule has 6 heteroatoms. The normalized spacial score (nSPS) is 12.5. The highest BCUT2D eigenvalue weighted by Crippen LogP contribution is 2.36. The molecule has 0 fully saturated rings. The highest BCUT2D eigenvalue weighted by molar-refractivity contribution is 5.76. The molecule has 2 aromatic carbocycles. The zero-order valence-electron chi connectivity index (χ0n) is 16.4. The molecule has 144 valence electrons. The van der Waals surface area contributed by atoms with Gasteiger partial charge in [-0.1, -0.05) is 24.3 Å². The van der Waals surface area contributed by atoms with Crippen molar-refractivity contribution < 1.29 is 4.74 Å². The van der Waals surface area contributed by atoms with E-state index in [4.69, 9.17) is 4.74 Å². The molecule has 0 unspecified atom stereocenters. The van der Waals surface area contributed by atoms with Crippen LogP contribution in [0.2, 0.25) is 0 Å². The predicted octanol–water partition coefficient (Wildman–Crippen LogP) is 4.53. The second-order valence-electron chi connectivity index (χ2n) is 7.10. The van der Waals surface area contributed by atoms with Gasteiger partial charge in [-0.3, -0.25) is 0 Å². The van der Waals surface area contributed by atoms with Gasteiger partial charge >= 0.3 is 0 Å². The monoisotopic (exact) mass is 383 g/mol. The Bertz CT molecular complexity index is 1200. The van der Waals surface area contributed by atoms with E-state index in [1.54, 1.807) is 6.33 Å². The first kappa shape index (κ1) is 17.4. The van der Waals surface area contributed by atoms with Crippen molar-refractivity contribution in [3.05, 3.63) is 72.4 Å². The van der Waals surface area contributed by atoms with Crippen LogP contribution in [0.15, 0.2) is 61.1 Å². The third-order valence-electron chi connectivity index (χ3n) is 5.34. The molecule has 0 aliphatic carbocycles. The van der Waals surface area contributed by atoms with E-state index in [0.29, 0.717) is 6.61 Å². The van der Waals surface area contributed by atoms with Gasteiger partial charge in [0, 0.05) is 35.8 Å². The third kappa shape index (κ3) is 3.12. The Morgan fingerprint density at radius 1 is 1.03 bits per heavy atom. The predicted molar refractivity (Wildman–Crippen MR) is 113 cm³/mol. The van der Waals surface area contributed by atoms with E-state index in [2.05, 4.69) is 37.0 Å². The number of hydrogen-bond acceptors (Lipinski definition) is 5. The number of anilines is 2. The number of imidazole rings is 1. The van der Waals surface area contributed by atoms with Crippen LogP contribution < -0.4 is 10.1 Å². The highest BCUT2D eigenvalue weighted by atomic mass is 16.5. The summed E-state index contributed by atoms with van der Waals surface area (Å²) in [4.78, 5) is 13.5. The highest BCUT2D eigenvalue weighted by Gasteiger charge is 2.20. The lowest BCUT2D eigenvalue weighted by Gasteiger charge is -2.13. The molecule has 0 spiro atoms. The van der Waals surface area contributed by atoms with E-state index < -0.39 is 0 Å². The van der Waals surface area contributed by atoms with Crippen molar-refractivity contribution in [2.75, 3.05) is 11.9 Å². The van der Waals surface area contributed by atoms with Crippen LogP contribution in [-0.4, -0.2) is 26.1 Å². The van der Waals surface area contributed by atoms with Crippen molar-refractivity contribution in [1.29, 1.82) is 0 Å². The number of fused-ring (bicyclic) bond motifs is 3. The maximum Gasteiger partial charge on any atom is 0.137 e. The van der Waals surface area contributed by atoms with Gasteiger partial charge in [-0.05, 0) is 31.2 Å². The number of rotatable bonds is 3. The van der Waals surface area contributed by atoms with Gasteiger partial charge in [-0.2, -0.15) is 0 Å². The molecule has 3 heterocycles. The number of nitrogens with one attached hydrogen (secondary N) is 1. The summed E-state index contributed by atoms with van der Waals surface area (Å²) in [6, 6.07) is 16.3. The number of aromatic nitrogens is 4. The Balaban J connectivity index is 1.53. The molecule has 0 bridgehead atoms. The first-order valence-electron chi connectivity index (χ1n) is 9.62. The fourth-order valence-electron chi connectivity index (χ4n) is 3.70. The SMILES string of the molecule is Cc1ncc(-c2cccc(Nc3ncnc4c3CCOc3ccccc3-4)c2)n1C. The lowest BCUT2D eigenvalue weighted by Crippen LogP contribution is -2.05. The number of para-hydroxylation sites is 1. The van der Waals surface area contributed by atoms with Gasteiger partial charge in [0.1, 0.15) is 23.7 Å². The molecule has 0 amide bonds. The minimum Gasteiger partial charge on any atom is -0.493 e. The first-order chi connectivity index (χ1) is 14.2. The zero-order chi connectivity index (χ0) is 19.8. The van der Waals surface area contributed by atoms with Gasteiger partial charge in [-0.25, -0.2) is 15.0 Å². The van der Waals surface area contributed by atoms with Crippen LogP contribution in [0.5, 0.6) is 5.75 Å². The summed E-state index contributed by atoms with van der Waals surface area (Å²) >= 11 is 0. The number of hydrogen-bond donors (Lipinski definition) is 1. The lowest BCUT2D eigenvalue weighted by atomic mass is 10.0. The zero-order valence-corrected chi connectivity index (χ0v) is 16.4. The van der Waals surface area contributed by atoms with Crippen LogP contribution in [0.1, 0.15) is 11.4 Å². The van der Waals surface area contributed by atoms with Crippen molar-refractivity contribution in [2.24, 2.45) is 7.05 Å². The summed E-state index contributed by atoms with van der Waals surface area (Å²) in [6.45, 7) is 2.60. The molecular weight excluding hydrogens is 362 g/mol.